The summed E-state index contributed by atoms with van der Waals surface area (Å²) in [6, 6.07) is 11.2. The monoisotopic (exact) mass is 353 g/mol. The van der Waals surface area contributed by atoms with Gasteiger partial charge in [0.2, 0.25) is 0 Å². The largest absolute Gasteiger partial charge is 0.334 e. The van der Waals surface area contributed by atoms with Crippen molar-refractivity contribution in [3.8, 4) is 5.69 Å². The number of amides is 2. The highest BCUT2D eigenvalue weighted by Gasteiger charge is 2.37. The number of urea groups is 1. The first kappa shape index (κ1) is 17.1. The Bertz CT molecular complexity index is 738. The van der Waals surface area contributed by atoms with Crippen LogP contribution in [0.25, 0.3) is 5.69 Å². The molecule has 0 saturated carbocycles. The number of rotatable bonds is 4. The summed E-state index contributed by atoms with van der Waals surface area (Å²) < 4.78 is 1.82. The van der Waals surface area contributed by atoms with E-state index in [1.54, 1.807) is 6.20 Å². The van der Waals surface area contributed by atoms with Gasteiger partial charge in [0.1, 0.15) is 0 Å². The Morgan fingerprint density at radius 3 is 2.92 bits per heavy atom. The zero-order valence-electron chi connectivity index (χ0n) is 15.3. The van der Waals surface area contributed by atoms with E-state index in [1.807, 2.05) is 40.0 Å². The summed E-state index contributed by atoms with van der Waals surface area (Å²) in [4.78, 5) is 16.9. The van der Waals surface area contributed by atoms with Crippen molar-refractivity contribution < 1.29 is 4.79 Å². The number of benzene rings is 1. The van der Waals surface area contributed by atoms with Crippen molar-refractivity contribution in [1.82, 2.24) is 24.9 Å². The fraction of sp³-hybridized carbons (Fsp3) is 0.500. The lowest BCUT2D eigenvalue weighted by atomic mass is 9.98. The lowest BCUT2D eigenvalue weighted by Gasteiger charge is -2.49. The molecule has 0 radical (unpaired) electrons. The number of hydrogen-bond acceptors (Lipinski definition) is 3. The summed E-state index contributed by atoms with van der Waals surface area (Å²) in [5, 5.41) is 7.30. The number of nitrogens with zero attached hydrogens (tertiary/aromatic N) is 4. The van der Waals surface area contributed by atoms with Crippen LogP contribution in [-0.4, -0.2) is 57.3 Å². The smallest absolute Gasteiger partial charge is 0.317 e. The van der Waals surface area contributed by atoms with Crippen LogP contribution in [0.4, 0.5) is 4.79 Å². The van der Waals surface area contributed by atoms with Gasteiger partial charge in [-0.25, -0.2) is 9.48 Å². The van der Waals surface area contributed by atoms with Gasteiger partial charge in [0.15, 0.2) is 0 Å². The molecule has 2 aromatic rings. The molecule has 26 heavy (non-hydrogen) atoms. The van der Waals surface area contributed by atoms with Gasteiger partial charge >= 0.3 is 6.03 Å². The average Bonchev–Trinajstić information content (AvgIpc) is 3.15. The predicted molar refractivity (Wildman–Crippen MR) is 101 cm³/mol. The van der Waals surface area contributed by atoms with E-state index in [0.29, 0.717) is 18.6 Å². The third-order valence-electron chi connectivity index (χ3n) is 5.60. The number of hydrogen-bond donors (Lipinski definition) is 1. The maximum atomic E-state index is 12.4. The maximum absolute atomic E-state index is 12.4. The highest BCUT2D eigenvalue weighted by Crippen LogP contribution is 2.24. The molecule has 1 atom stereocenters. The Hall–Kier alpha value is -2.34. The summed E-state index contributed by atoms with van der Waals surface area (Å²) in [6.45, 7) is 5.73. The van der Waals surface area contributed by atoms with Crippen LogP contribution in [0.3, 0.4) is 0 Å². The minimum Gasteiger partial charge on any atom is -0.334 e. The van der Waals surface area contributed by atoms with Crippen LogP contribution >= 0.6 is 0 Å². The molecule has 2 amide bonds. The van der Waals surface area contributed by atoms with E-state index in [4.69, 9.17) is 0 Å². The van der Waals surface area contributed by atoms with Crippen molar-refractivity contribution in [3.05, 3.63) is 48.3 Å². The minimum absolute atomic E-state index is 0.0374. The van der Waals surface area contributed by atoms with E-state index in [0.717, 1.165) is 24.3 Å². The van der Waals surface area contributed by atoms with E-state index in [-0.39, 0.29) is 6.03 Å². The molecule has 0 aliphatic carbocycles. The van der Waals surface area contributed by atoms with Crippen LogP contribution in [0, 0.1) is 0 Å². The zero-order valence-corrected chi connectivity index (χ0v) is 15.3. The van der Waals surface area contributed by atoms with Gasteiger partial charge in [0.05, 0.1) is 5.69 Å². The van der Waals surface area contributed by atoms with Crippen molar-refractivity contribution in [2.24, 2.45) is 0 Å². The number of likely N-dealkylation sites (tertiary alicyclic amines) is 2. The Kier molecular flexibility index (Phi) is 4.93. The SMILES string of the molecule is C[C@@H]1CCCCN1C1CN(C(=O)NCc2cccc(-n3cccn3)c2)C1. The molecule has 2 aliphatic heterocycles. The molecule has 1 aromatic heterocycles. The van der Waals surface area contributed by atoms with Gasteiger partial charge < -0.3 is 10.2 Å². The number of piperidine rings is 1. The number of carbonyl (C=O) groups is 1. The number of carbonyl (C=O) groups excluding carboxylic acids is 1. The Labute approximate surface area is 154 Å². The first-order valence-corrected chi connectivity index (χ1v) is 9.58. The molecular formula is C20H27N5O. The topological polar surface area (TPSA) is 53.4 Å². The normalized spacial score (nSPS) is 21.4. The molecule has 4 rings (SSSR count). The van der Waals surface area contributed by atoms with E-state index in [9.17, 15) is 4.79 Å². The molecule has 0 spiro atoms. The van der Waals surface area contributed by atoms with Crippen LogP contribution in [-0.2, 0) is 6.54 Å². The highest BCUT2D eigenvalue weighted by atomic mass is 16.2. The molecule has 1 aromatic carbocycles. The van der Waals surface area contributed by atoms with Crippen molar-refractivity contribution in [1.29, 1.82) is 0 Å². The fourth-order valence-electron chi connectivity index (χ4n) is 4.01. The van der Waals surface area contributed by atoms with Gasteiger partial charge in [-0.1, -0.05) is 18.6 Å². The number of aromatic nitrogens is 2. The van der Waals surface area contributed by atoms with Gasteiger partial charge in [-0.2, -0.15) is 5.10 Å². The maximum Gasteiger partial charge on any atom is 0.317 e. The van der Waals surface area contributed by atoms with E-state index < -0.39 is 0 Å². The Morgan fingerprint density at radius 1 is 1.27 bits per heavy atom. The average molecular weight is 353 g/mol. The summed E-state index contributed by atoms with van der Waals surface area (Å²) >= 11 is 0. The van der Waals surface area contributed by atoms with Crippen LogP contribution in [0.5, 0.6) is 0 Å². The molecule has 6 heteroatoms. The lowest BCUT2D eigenvalue weighted by molar-refractivity contribution is 0.0169. The molecule has 0 bridgehead atoms. The Balaban J connectivity index is 1.27. The summed E-state index contributed by atoms with van der Waals surface area (Å²) in [7, 11) is 0. The van der Waals surface area contributed by atoms with Crippen molar-refractivity contribution >= 4 is 6.03 Å². The van der Waals surface area contributed by atoms with Crippen LogP contribution in [0.15, 0.2) is 42.7 Å². The van der Waals surface area contributed by atoms with E-state index in [1.165, 1.54) is 25.8 Å². The molecule has 2 aliphatic rings. The molecule has 0 unspecified atom stereocenters. The number of nitrogens with one attached hydrogen (secondary N) is 1. The van der Waals surface area contributed by atoms with Crippen molar-refractivity contribution in [3.63, 3.8) is 0 Å². The van der Waals surface area contributed by atoms with Gasteiger partial charge in [-0.3, -0.25) is 4.90 Å². The van der Waals surface area contributed by atoms with E-state index >= 15 is 0 Å². The quantitative estimate of drug-likeness (QED) is 0.919. The summed E-state index contributed by atoms with van der Waals surface area (Å²) in [6.07, 6.45) is 7.60. The van der Waals surface area contributed by atoms with Gasteiger partial charge in [0, 0.05) is 44.1 Å². The molecule has 2 fully saturated rings. The molecule has 3 heterocycles. The first-order valence-electron chi connectivity index (χ1n) is 9.58. The van der Waals surface area contributed by atoms with Gasteiger partial charge in [-0.15, -0.1) is 0 Å². The standard InChI is InChI=1S/C20H27N5O/c1-16-6-2-3-10-24(16)19-14-23(15-19)20(26)21-13-17-7-4-8-18(12-17)25-11-5-9-22-25/h4-5,7-9,11-12,16,19H,2-3,6,10,13-15H2,1H3,(H,21,26)/t16-/m1/s1. The third-order valence-corrected chi connectivity index (χ3v) is 5.60. The zero-order chi connectivity index (χ0) is 17.9. The second kappa shape index (κ2) is 7.50. The van der Waals surface area contributed by atoms with Gasteiger partial charge in [-0.05, 0) is 50.1 Å². The molecule has 6 nitrogen and oxygen atoms in total. The molecule has 2 saturated heterocycles. The van der Waals surface area contributed by atoms with Crippen molar-refractivity contribution in [2.75, 3.05) is 19.6 Å². The lowest BCUT2D eigenvalue weighted by Crippen LogP contribution is -2.64. The fourth-order valence-corrected chi connectivity index (χ4v) is 4.01. The minimum atomic E-state index is 0.0374. The predicted octanol–water partition coefficient (Wildman–Crippen LogP) is 2.64. The second-order valence-electron chi connectivity index (χ2n) is 7.42. The molecule has 1 N–H and O–H groups in total. The van der Waals surface area contributed by atoms with Gasteiger partial charge in [0.25, 0.3) is 0 Å². The van der Waals surface area contributed by atoms with Crippen LogP contribution in [0.2, 0.25) is 0 Å². The molecular weight excluding hydrogens is 326 g/mol. The second-order valence-corrected chi connectivity index (χ2v) is 7.42. The van der Waals surface area contributed by atoms with Crippen LogP contribution < -0.4 is 5.32 Å². The first-order chi connectivity index (χ1) is 12.7. The van der Waals surface area contributed by atoms with E-state index in [2.05, 4.69) is 28.3 Å². The summed E-state index contributed by atoms with van der Waals surface area (Å²) in [5.74, 6) is 0. The molecule has 138 valence electrons. The Morgan fingerprint density at radius 2 is 2.15 bits per heavy atom. The summed E-state index contributed by atoms with van der Waals surface area (Å²) in [5.41, 5.74) is 2.08. The van der Waals surface area contributed by atoms with Crippen LogP contribution in [0.1, 0.15) is 31.7 Å². The highest BCUT2D eigenvalue weighted by molar-refractivity contribution is 5.75. The third kappa shape index (κ3) is 3.60. The van der Waals surface area contributed by atoms with Crippen molar-refractivity contribution in [2.45, 2.75) is 44.8 Å².